The third-order valence-electron chi connectivity index (χ3n) is 4.70. The first-order chi connectivity index (χ1) is 13.0. The number of carbonyl (C=O) groups excluding carboxylic acids is 2. The monoisotopic (exact) mass is 389 g/mol. The number of nitrogens with one attached hydrogen (secondary N) is 2. The van der Waals surface area contributed by atoms with Gasteiger partial charge < -0.3 is 10.6 Å². The van der Waals surface area contributed by atoms with Crippen LogP contribution >= 0.6 is 11.3 Å². The minimum Gasteiger partial charge on any atom is -0.353 e. The van der Waals surface area contributed by atoms with Gasteiger partial charge in [0.1, 0.15) is 15.7 Å². The zero-order chi connectivity index (χ0) is 19.2. The maximum atomic E-state index is 12.9. The Morgan fingerprint density at radius 2 is 1.89 bits per heavy atom. The number of halogens is 1. The molecule has 1 heterocycles. The third-order valence-corrected chi connectivity index (χ3v) is 5.85. The lowest BCUT2D eigenvalue weighted by molar-refractivity contribution is -0.121. The molecule has 0 atom stereocenters. The van der Waals surface area contributed by atoms with Crippen LogP contribution in [0.2, 0.25) is 0 Å². The summed E-state index contributed by atoms with van der Waals surface area (Å²) >= 11 is 1.25. The van der Waals surface area contributed by atoms with Crippen molar-refractivity contribution >= 4 is 23.2 Å². The fraction of sp³-hybridized carbons (Fsp3) is 0.450. The second-order valence-electron chi connectivity index (χ2n) is 6.91. The van der Waals surface area contributed by atoms with Crippen molar-refractivity contribution in [2.24, 2.45) is 0 Å². The van der Waals surface area contributed by atoms with Crippen LogP contribution in [-0.2, 0) is 17.8 Å². The van der Waals surface area contributed by atoms with Crippen LogP contribution in [0.25, 0.3) is 0 Å². The fourth-order valence-corrected chi connectivity index (χ4v) is 4.25. The molecular weight excluding hydrogens is 365 g/mol. The number of aromatic nitrogens is 1. The molecule has 5 nitrogen and oxygen atoms in total. The van der Waals surface area contributed by atoms with E-state index in [1.807, 2.05) is 0 Å². The lowest BCUT2D eigenvalue weighted by Crippen LogP contribution is -2.37. The van der Waals surface area contributed by atoms with Gasteiger partial charge in [-0.25, -0.2) is 9.37 Å². The number of hydrogen-bond donors (Lipinski definition) is 2. The Bertz CT molecular complexity index is 798. The third kappa shape index (κ3) is 5.60. The molecule has 27 heavy (non-hydrogen) atoms. The molecule has 0 unspecified atom stereocenters. The summed E-state index contributed by atoms with van der Waals surface area (Å²) in [6, 6.07) is 6.27. The van der Waals surface area contributed by atoms with Gasteiger partial charge in [-0.15, -0.1) is 11.3 Å². The molecular formula is C20H24FN3O2S. The van der Waals surface area contributed by atoms with E-state index in [2.05, 4.69) is 15.6 Å². The molecule has 3 rings (SSSR count). The summed E-state index contributed by atoms with van der Waals surface area (Å²) in [5, 5.41) is 6.54. The molecule has 1 aromatic carbocycles. The van der Waals surface area contributed by atoms with Crippen molar-refractivity contribution in [1.82, 2.24) is 15.6 Å². The van der Waals surface area contributed by atoms with E-state index in [1.54, 1.807) is 19.1 Å². The van der Waals surface area contributed by atoms with E-state index in [9.17, 15) is 14.0 Å². The van der Waals surface area contributed by atoms with Gasteiger partial charge in [0.25, 0.3) is 5.91 Å². The molecule has 2 amide bonds. The van der Waals surface area contributed by atoms with E-state index in [-0.39, 0.29) is 30.1 Å². The van der Waals surface area contributed by atoms with Crippen LogP contribution in [0.3, 0.4) is 0 Å². The predicted molar refractivity (Wildman–Crippen MR) is 103 cm³/mol. The Morgan fingerprint density at radius 1 is 1.19 bits per heavy atom. The normalized spacial score (nSPS) is 14.7. The molecule has 144 valence electrons. The summed E-state index contributed by atoms with van der Waals surface area (Å²) < 4.78 is 12.9. The van der Waals surface area contributed by atoms with Gasteiger partial charge in [-0.3, -0.25) is 9.59 Å². The van der Waals surface area contributed by atoms with Crippen molar-refractivity contribution in [2.75, 3.05) is 0 Å². The van der Waals surface area contributed by atoms with Crippen molar-refractivity contribution in [3.8, 4) is 0 Å². The van der Waals surface area contributed by atoms with Gasteiger partial charge in [0.05, 0.1) is 12.1 Å². The molecule has 0 saturated heterocycles. The lowest BCUT2D eigenvalue weighted by atomic mass is 9.95. The van der Waals surface area contributed by atoms with Crippen LogP contribution in [0.15, 0.2) is 24.3 Å². The number of nitrogens with zero attached hydrogens (tertiary/aromatic N) is 1. The first kappa shape index (κ1) is 19.5. The molecule has 7 heteroatoms. The van der Waals surface area contributed by atoms with Gasteiger partial charge in [0.2, 0.25) is 5.91 Å². The molecule has 0 bridgehead atoms. The Labute approximate surface area is 162 Å². The average molecular weight is 389 g/mol. The molecule has 0 radical (unpaired) electrons. The summed E-state index contributed by atoms with van der Waals surface area (Å²) in [6.07, 6.45) is 5.86. The first-order valence-corrected chi connectivity index (χ1v) is 10.1. The molecule has 2 N–H and O–H groups in total. The molecule has 0 spiro atoms. The molecule has 1 aromatic heterocycles. The molecule has 1 aliphatic carbocycles. The number of rotatable bonds is 6. The molecule has 1 aliphatic rings. The second-order valence-corrected chi connectivity index (χ2v) is 7.99. The van der Waals surface area contributed by atoms with Crippen LogP contribution in [0.1, 0.15) is 58.0 Å². The first-order valence-electron chi connectivity index (χ1n) is 9.29. The number of amides is 2. The van der Waals surface area contributed by atoms with Crippen LogP contribution in [0.5, 0.6) is 0 Å². The Kier molecular flexibility index (Phi) is 6.55. The van der Waals surface area contributed by atoms with Crippen LogP contribution < -0.4 is 10.6 Å². The van der Waals surface area contributed by atoms with E-state index >= 15 is 0 Å². The van der Waals surface area contributed by atoms with E-state index in [0.717, 1.165) is 18.4 Å². The van der Waals surface area contributed by atoms with Crippen LogP contribution in [0.4, 0.5) is 4.39 Å². The Morgan fingerprint density at radius 3 is 2.59 bits per heavy atom. The highest BCUT2D eigenvalue weighted by Gasteiger charge is 2.19. The van der Waals surface area contributed by atoms with Crippen molar-refractivity contribution in [1.29, 1.82) is 0 Å². The Hall–Kier alpha value is -2.28. The zero-order valence-electron chi connectivity index (χ0n) is 15.4. The van der Waals surface area contributed by atoms with Gasteiger partial charge in [-0.2, -0.15) is 0 Å². The van der Waals surface area contributed by atoms with Crippen molar-refractivity contribution in [3.05, 3.63) is 51.2 Å². The van der Waals surface area contributed by atoms with E-state index < -0.39 is 0 Å². The minimum absolute atomic E-state index is 0.0334. The average Bonchev–Trinajstić information content (AvgIpc) is 3.02. The lowest BCUT2D eigenvalue weighted by Gasteiger charge is -2.22. The van der Waals surface area contributed by atoms with E-state index in [0.29, 0.717) is 22.1 Å². The van der Waals surface area contributed by atoms with Gasteiger partial charge >= 0.3 is 0 Å². The van der Waals surface area contributed by atoms with E-state index in [4.69, 9.17) is 0 Å². The number of aryl methyl sites for hydroxylation is 1. The van der Waals surface area contributed by atoms with Gasteiger partial charge in [-0.1, -0.05) is 31.4 Å². The van der Waals surface area contributed by atoms with Crippen LogP contribution in [-0.4, -0.2) is 22.8 Å². The largest absolute Gasteiger partial charge is 0.353 e. The predicted octanol–water partition coefficient (Wildman–Crippen LogP) is 3.51. The van der Waals surface area contributed by atoms with Crippen molar-refractivity contribution < 1.29 is 14.0 Å². The van der Waals surface area contributed by atoms with Gasteiger partial charge in [0, 0.05) is 12.6 Å². The number of benzene rings is 1. The Balaban J connectivity index is 1.54. The summed E-state index contributed by atoms with van der Waals surface area (Å²) in [5.74, 6) is -0.568. The molecule has 1 saturated carbocycles. The highest BCUT2D eigenvalue weighted by atomic mass is 32.1. The van der Waals surface area contributed by atoms with Gasteiger partial charge in [-0.05, 0) is 37.5 Å². The number of carbonyl (C=O) groups is 2. The van der Waals surface area contributed by atoms with Crippen LogP contribution in [0, 0.1) is 12.7 Å². The van der Waals surface area contributed by atoms with Crippen molar-refractivity contribution in [3.63, 3.8) is 0 Å². The quantitative estimate of drug-likeness (QED) is 0.794. The topological polar surface area (TPSA) is 71.1 Å². The summed E-state index contributed by atoms with van der Waals surface area (Å²) in [6.45, 7) is 2.08. The zero-order valence-corrected chi connectivity index (χ0v) is 16.2. The molecule has 1 fully saturated rings. The summed E-state index contributed by atoms with van der Waals surface area (Å²) in [4.78, 5) is 29.5. The molecule has 0 aliphatic heterocycles. The molecule has 2 aromatic rings. The van der Waals surface area contributed by atoms with Gasteiger partial charge in [0.15, 0.2) is 0 Å². The van der Waals surface area contributed by atoms with E-state index in [1.165, 1.54) is 42.7 Å². The van der Waals surface area contributed by atoms with Crippen molar-refractivity contribution in [2.45, 2.75) is 58.0 Å². The number of thiazole rings is 1. The minimum atomic E-state index is -0.306. The smallest absolute Gasteiger partial charge is 0.263 e. The highest BCUT2D eigenvalue weighted by Crippen LogP contribution is 2.20. The number of hydrogen-bond acceptors (Lipinski definition) is 4. The second kappa shape index (κ2) is 9.08. The maximum Gasteiger partial charge on any atom is 0.263 e. The summed E-state index contributed by atoms with van der Waals surface area (Å²) in [5.41, 5.74) is 1.44. The SMILES string of the molecule is Cc1nc(CC(=O)NC2CCCCC2)sc1C(=O)NCc1ccc(F)cc1. The maximum absolute atomic E-state index is 12.9. The highest BCUT2D eigenvalue weighted by molar-refractivity contribution is 7.13. The fourth-order valence-electron chi connectivity index (χ4n) is 3.27. The summed E-state index contributed by atoms with van der Waals surface area (Å²) in [7, 11) is 0. The standard InChI is InChI=1S/C20H24FN3O2S/c1-13-19(20(26)22-12-14-7-9-15(21)10-8-14)27-18(23-13)11-17(25)24-16-5-3-2-4-6-16/h7-10,16H,2-6,11-12H2,1H3,(H,22,26)(H,24,25).